The van der Waals surface area contributed by atoms with Gasteiger partial charge in [0.1, 0.15) is 0 Å². The molecule has 1 saturated heterocycles. The minimum Gasteiger partial charge on any atom is -0.379 e. The number of fused-ring (bicyclic) bond motifs is 1. The number of aromatic amines is 1. The van der Waals surface area contributed by atoms with Gasteiger partial charge in [-0.05, 0) is 67.6 Å². The number of para-hydroxylation sites is 1. The van der Waals surface area contributed by atoms with Crippen LogP contribution in [0.2, 0.25) is 0 Å². The number of hydrogen-bond acceptors (Lipinski definition) is 7. The minimum atomic E-state index is -0.170. The molecule has 3 aromatic rings. The van der Waals surface area contributed by atoms with Crippen LogP contribution < -0.4 is 5.56 Å². The highest BCUT2D eigenvalue weighted by atomic mass is 16.5. The largest absolute Gasteiger partial charge is 0.379 e. The van der Waals surface area contributed by atoms with E-state index in [-0.39, 0.29) is 11.1 Å². The molecule has 0 saturated carbocycles. The Labute approximate surface area is 201 Å². The molecule has 34 heavy (non-hydrogen) atoms. The molecule has 1 aliphatic heterocycles. The molecule has 9 nitrogen and oxygen atoms in total. The van der Waals surface area contributed by atoms with Crippen LogP contribution in [0, 0.1) is 6.92 Å². The first-order valence-electron chi connectivity index (χ1n) is 12.3. The van der Waals surface area contributed by atoms with Gasteiger partial charge < -0.3 is 9.72 Å². The predicted octanol–water partition coefficient (Wildman–Crippen LogP) is 2.69. The molecule has 1 fully saturated rings. The molecule has 1 aliphatic rings. The van der Waals surface area contributed by atoms with E-state index in [0.717, 1.165) is 80.1 Å². The molecule has 0 unspecified atom stereocenters. The fraction of sp³-hybridized carbons (Fsp3) is 0.600. The molecule has 184 valence electrons. The number of pyridine rings is 1. The van der Waals surface area contributed by atoms with Crippen molar-refractivity contribution in [1.29, 1.82) is 0 Å². The number of nitrogens with one attached hydrogen (secondary N) is 1. The maximum absolute atomic E-state index is 13.0. The topological polar surface area (TPSA) is 92.2 Å². The minimum absolute atomic E-state index is 0.0338. The maximum atomic E-state index is 13.0. The molecule has 0 aliphatic carbocycles. The summed E-state index contributed by atoms with van der Waals surface area (Å²) >= 11 is 0. The van der Waals surface area contributed by atoms with E-state index < -0.39 is 0 Å². The number of aryl methyl sites for hydroxylation is 1. The van der Waals surface area contributed by atoms with E-state index in [9.17, 15) is 4.79 Å². The van der Waals surface area contributed by atoms with Crippen molar-refractivity contribution < 1.29 is 4.74 Å². The summed E-state index contributed by atoms with van der Waals surface area (Å²) in [7, 11) is 0. The highest BCUT2D eigenvalue weighted by Gasteiger charge is 2.25. The Morgan fingerprint density at radius 3 is 2.76 bits per heavy atom. The zero-order valence-corrected chi connectivity index (χ0v) is 20.9. The summed E-state index contributed by atoms with van der Waals surface area (Å²) in [6.07, 6.45) is 1.93. The van der Waals surface area contributed by atoms with Gasteiger partial charge in [-0.2, -0.15) is 0 Å². The molecular formula is C25H37N7O2. The van der Waals surface area contributed by atoms with Gasteiger partial charge in [-0.3, -0.25) is 14.6 Å². The van der Waals surface area contributed by atoms with E-state index in [0.29, 0.717) is 13.1 Å². The van der Waals surface area contributed by atoms with Crippen molar-refractivity contribution in [3.8, 4) is 0 Å². The summed E-state index contributed by atoms with van der Waals surface area (Å²) in [5.41, 5.74) is 2.54. The van der Waals surface area contributed by atoms with Gasteiger partial charge in [0.2, 0.25) is 0 Å². The van der Waals surface area contributed by atoms with E-state index in [4.69, 9.17) is 4.74 Å². The number of benzene rings is 1. The van der Waals surface area contributed by atoms with Crippen molar-refractivity contribution in [2.75, 3.05) is 39.4 Å². The molecule has 0 atom stereocenters. The van der Waals surface area contributed by atoms with Crippen molar-refractivity contribution in [2.24, 2.45) is 0 Å². The van der Waals surface area contributed by atoms with Gasteiger partial charge in [-0.1, -0.05) is 25.1 Å². The Balaban J connectivity index is 1.55. The third-order valence-electron chi connectivity index (χ3n) is 6.95. The van der Waals surface area contributed by atoms with Gasteiger partial charge in [0, 0.05) is 31.7 Å². The Hall–Kier alpha value is -2.62. The fourth-order valence-electron chi connectivity index (χ4n) is 4.47. The lowest BCUT2D eigenvalue weighted by molar-refractivity contribution is 0.0358. The Bertz CT molecular complexity index is 1150. The van der Waals surface area contributed by atoms with Gasteiger partial charge in [0.25, 0.3) is 5.56 Å². The molecule has 1 N–H and O–H groups in total. The molecular weight excluding hydrogens is 430 g/mol. The highest BCUT2D eigenvalue weighted by molar-refractivity contribution is 5.81. The number of H-pyrrole nitrogens is 1. The molecule has 0 spiro atoms. The van der Waals surface area contributed by atoms with Crippen LogP contribution in [0.5, 0.6) is 0 Å². The average molecular weight is 468 g/mol. The standard InChI is InChI=1S/C25H37N7O2/c1-5-25(3,4)32-22(27-28-29-32)18-31(11-7-10-30-12-14-34-15-13-30)17-21-16-20-9-6-8-19(2)23(20)26-24(21)33/h6,8-9,16H,5,7,10-15,17-18H2,1-4H3,(H,26,33). The van der Waals surface area contributed by atoms with Crippen LogP contribution in [0.4, 0.5) is 0 Å². The third kappa shape index (κ3) is 5.71. The first kappa shape index (κ1) is 24.5. The number of tetrazole rings is 1. The van der Waals surface area contributed by atoms with E-state index in [1.54, 1.807) is 0 Å². The van der Waals surface area contributed by atoms with E-state index in [1.807, 2.05) is 29.8 Å². The second kappa shape index (κ2) is 10.8. The molecule has 3 heterocycles. The van der Waals surface area contributed by atoms with E-state index in [2.05, 4.69) is 57.1 Å². The summed E-state index contributed by atoms with van der Waals surface area (Å²) in [6, 6.07) is 8.12. The van der Waals surface area contributed by atoms with Crippen LogP contribution in [-0.2, 0) is 23.4 Å². The van der Waals surface area contributed by atoms with Crippen molar-refractivity contribution in [1.82, 2.24) is 35.0 Å². The first-order valence-corrected chi connectivity index (χ1v) is 12.3. The lowest BCUT2D eigenvalue weighted by Gasteiger charge is -2.29. The van der Waals surface area contributed by atoms with Crippen LogP contribution in [0.15, 0.2) is 29.1 Å². The monoisotopic (exact) mass is 467 g/mol. The highest BCUT2D eigenvalue weighted by Crippen LogP contribution is 2.21. The van der Waals surface area contributed by atoms with Crippen LogP contribution in [0.3, 0.4) is 0 Å². The van der Waals surface area contributed by atoms with Crippen LogP contribution in [0.1, 0.15) is 50.6 Å². The predicted molar refractivity (Wildman–Crippen MR) is 133 cm³/mol. The van der Waals surface area contributed by atoms with Crippen molar-refractivity contribution in [3.05, 3.63) is 51.6 Å². The summed E-state index contributed by atoms with van der Waals surface area (Å²) in [5, 5.41) is 13.6. The second-order valence-corrected chi connectivity index (χ2v) is 9.85. The van der Waals surface area contributed by atoms with Gasteiger partial charge in [0.05, 0.1) is 30.8 Å². The lowest BCUT2D eigenvalue weighted by atomic mass is 10.0. The van der Waals surface area contributed by atoms with E-state index >= 15 is 0 Å². The zero-order chi connectivity index (χ0) is 24.1. The van der Waals surface area contributed by atoms with Crippen molar-refractivity contribution in [2.45, 2.75) is 59.2 Å². The Kier molecular flexibility index (Phi) is 7.75. The molecule has 4 rings (SSSR count). The average Bonchev–Trinajstić information content (AvgIpc) is 3.30. The van der Waals surface area contributed by atoms with Gasteiger partial charge >= 0.3 is 0 Å². The normalized spacial score (nSPS) is 15.4. The number of rotatable bonds is 10. The number of nitrogens with zero attached hydrogens (tertiary/aromatic N) is 6. The number of morpholine rings is 1. The Morgan fingerprint density at radius 2 is 2.00 bits per heavy atom. The number of ether oxygens (including phenoxy) is 1. The van der Waals surface area contributed by atoms with E-state index in [1.165, 1.54) is 0 Å². The van der Waals surface area contributed by atoms with Gasteiger partial charge in [0.15, 0.2) is 5.82 Å². The molecule has 9 heteroatoms. The van der Waals surface area contributed by atoms with Crippen molar-refractivity contribution in [3.63, 3.8) is 0 Å². The molecule has 2 aromatic heterocycles. The van der Waals surface area contributed by atoms with Crippen LogP contribution >= 0.6 is 0 Å². The van der Waals surface area contributed by atoms with Crippen LogP contribution in [-0.4, -0.2) is 74.4 Å². The zero-order valence-electron chi connectivity index (χ0n) is 20.9. The lowest BCUT2D eigenvalue weighted by Crippen LogP contribution is -2.38. The van der Waals surface area contributed by atoms with Crippen molar-refractivity contribution >= 4 is 10.9 Å². The SMILES string of the molecule is CCC(C)(C)n1nnnc1CN(CCCN1CCOCC1)Cc1cc2cccc(C)c2[nH]c1=O. The van der Waals surface area contributed by atoms with Gasteiger partial charge in [-0.15, -0.1) is 5.10 Å². The van der Waals surface area contributed by atoms with Crippen LogP contribution in [0.25, 0.3) is 10.9 Å². The maximum Gasteiger partial charge on any atom is 0.252 e. The second-order valence-electron chi connectivity index (χ2n) is 9.85. The number of aromatic nitrogens is 5. The Morgan fingerprint density at radius 1 is 1.21 bits per heavy atom. The summed E-state index contributed by atoms with van der Waals surface area (Å²) in [5.74, 6) is 0.825. The summed E-state index contributed by atoms with van der Waals surface area (Å²) in [6.45, 7) is 15.0. The third-order valence-corrected chi connectivity index (χ3v) is 6.95. The smallest absolute Gasteiger partial charge is 0.252 e. The molecule has 0 amide bonds. The molecule has 0 radical (unpaired) electrons. The quantitative estimate of drug-likeness (QED) is 0.490. The van der Waals surface area contributed by atoms with Gasteiger partial charge in [-0.25, -0.2) is 4.68 Å². The summed E-state index contributed by atoms with van der Waals surface area (Å²) in [4.78, 5) is 20.8. The number of hydrogen-bond donors (Lipinski definition) is 1. The summed E-state index contributed by atoms with van der Waals surface area (Å²) < 4.78 is 7.40. The fourth-order valence-corrected chi connectivity index (χ4v) is 4.47. The molecule has 0 bridgehead atoms. The first-order chi connectivity index (χ1) is 16.4. The molecule has 1 aromatic carbocycles.